The van der Waals surface area contributed by atoms with Gasteiger partial charge >= 0.3 is 0 Å². The topological polar surface area (TPSA) is 70.1 Å². The smallest absolute Gasteiger partial charge is 0.134 e. The van der Waals surface area contributed by atoms with E-state index in [1.165, 1.54) is 0 Å². The van der Waals surface area contributed by atoms with Crippen molar-refractivity contribution in [1.29, 1.82) is 0 Å². The van der Waals surface area contributed by atoms with Crippen LogP contribution in [0.2, 0.25) is 0 Å². The van der Waals surface area contributed by atoms with Gasteiger partial charge in [-0.25, -0.2) is 9.97 Å². The highest BCUT2D eigenvalue weighted by molar-refractivity contribution is 5.57. The summed E-state index contributed by atoms with van der Waals surface area (Å²) in [7, 11) is 0. The molecular weight excluding hydrogens is 240 g/mol. The Morgan fingerprint density at radius 2 is 1.84 bits per heavy atom. The number of aliphatic hydroxyl groups excluding tert-OH is 1. The summed E-state index contributed by atoms with van der Waals surface area (Å²) in [6, 6.07) is 0.248. The quantitative estimate of drug-likeness (QED) is 0.674. The molecule has 1 aromatic rings. The molecule has 3 N–H and O–H groups in total. The van der Waals surface area contributed by atoms with Crippen LogP contribution in [0.25, 0.3) is 0 Å². The van der Waals surface area contributed by atoms with Gasteiger partial charge in [0, 0.05) is 31.2 Å². The number of hydrogen-bond acceptors (Lipinski definition) is 5. The number of nitrogens with one attached hydrogen (secondary N) is 2. The van der Waals surface area contributed by atoms with E-state index in [0.29, 0.717) is 0 Å². The van der Waals surface area contributed by atoms with Gasteiger partial charge in [-0.3, -0.25) is 0 Å². The lowest BCUT2D eigenvalue weighted by atomic mass is 10.1. The molecule has 0 saturated carbocycles. The summed E-state index contributed by atoms with van der Waals surface area (Å²) in [4.78, 5) is 9.07. The molecule has 0 spiro atoms. The summed E-state index contributed by atoms with van der Waals surface area (Å²) in [6.07, 6.45) is 2.50. The van der Waals surface area contributed by atoms with Crippen molar-refractivity contribution in [1.82, 2.24) is 9.97 Å². The number of aryl methyl sites for hydroxylation is 1. The normalized spacial score (nSPS) is 12.3. The monoisotopic (exact) mass is 266 g/mol. The predicted molar refractivity (Wildman–Crippen MR) is 79.7 cm³/mol. The molecule has 5 nitrogen and oxygen atoms in total. The molecule has 1 rings (SSSR count). The number of aliphatic hydroxyl groups is 1. The van der Waals surface area contributed by atoms with Crippen molar-refractivity contribution >= 4 is 11.6 Å². The zero-order valence-electron chi connectivity index (χ0n) is 12.5. The average Bonchev–Trinajstić information content (AvgIpc) is 2.42. The number of anilines is 2. The van der Waals surface area contributed by atoms with Crippen molar-refractivity contribution in [2.24, 2.45) is 0 Å². The van der Waals surface area contributed by atoms with Crippen LogP contribution >= 0.6 is 0 Å². The second kappa shape index (κ2) is 7.94. The summed E-state index contributed by atoms with van der Waals surface area (Å²) < 4.78 is 0. The molecule has 1 heterocycles. The molecular formula is C14H26N4O. The van der Waals surface area contributed by atoms with Crippen molar-refractivity contribution in [2.45, 2.75) is 53.0 Å². The Kier molecular flexibility index (Phi) is 6.56. The van der Waals surface area contributed by atoms with E-state index < -0.39 is 0 Å². The van der Waals surface area contributed by atoms with E-state index in [4.69, 9.17) is 5.11 Å². The Morgan fingerprint density at radius 3 is 2.37 bits per heavy atom. The maximum absolute atomic E-state index is 9.07. The van der Waals surface area contributed by atoms with Crippen LogP contribution in [0.1, 0.15) is 45.0 Å². The Hall–Kier alpha value is -1.36. The highest BCUT2D eigenvalue weighted by atomic mass is 16.3. The van der Waals surface area contributed by atoms with Gasteiger partial charge in [0.05, 0.1) is 0 Å². The third kappa shape index (κ3) is 4.35. The first-order valence-electron chi connectivity index (χ1n) is 7.14. The van der Waals surface area contributed by atoms with Gasteiger partial charge in [0.2, 0.25) is 0 Å². The fraction of sp³-hybridized carbons (Fsp3) is 0.714. The third-order valence-electron chi connectivity index (χ3n) is 3.16. The minimum atomic E-state index is 0.191. The SMILES string of the molecule is CCNc1nc(CC)nc(NC(CC)CCO)c1C. The third-order valence-corrected chi connectivity index (χ3v) is 3.16. The fourth-order valence-corrected chi connectivity index (χ4v) is 1.93. The minimum Gasteiger partial charge on any atom is -0.396 e. The predicted octanol–water partition coefficient (Wildman–Crippen LogP) is 2.35. The van der Waals surface area contributed by atoms with E-state index in [9.17, 15) is 0 Å². The first-order valence-corrected chi connectivity index (χ1v) is 7.14. The Bertz CT molecular complexity index is 395. The van der Waals surface area contributed by atoms with E-state index in [1.807, 2.05) is 6.92 Å². The van der Waals surface area contributed by atoms with Crippen molar-refractivity contribution in [3.63, 3.8) is 0 Å². The van der Waals surface area contributed by atoms with Gasteiger partial charge in [-0.1, -0.05) is 13.8 Å². The van der Waals surface area contributed by atoms with Gasteiger partial charge in [-0.15, -0.1) is 0 Å². The number of hydrogen-bond donors (Lipinski definition) is 3. The molecule has 0 aliphatic rings. The van der Waals surface area contributed by atoms with Gasteiger partial charge in [-0.2, -0.15) is 0 Å². The molecule has 5 heteroatoms. The van der Waals surface area contributed by atoms with Crippen LogP contribution < -0.4 is 10.6 Å². The van der Waals surface area contributed by atoms with Gasteiger partial charge in [0.25, 0.3) is 0 Å². The van der Waals surface area contributed by atoms with Crippen molar-refractivity contribution in [3.8, 4) is 0 Å². The van der Waals surface area contributed by atoms with E-state index >= 15 is 0 Å². The number of rotatable bonds is 8. The maximum Gasteiger partial charge on any atom is 0.134 e. The largest absolute Gasteiger partial charge is 0.396 e. The van der Waals surface area contributed by atoms with Crippen LogP contribution in [0.15, 0.2) is 0 Å². The lowest BCUT2D eigenvalue weighted by molar-refractivity contribution is 0.278. The van der Waals surface area contributed by atoms with Crippen LogP contribution in [-0.4, -0.2) is 34.3 Å². The molecule has 0 saturated heterocycles. The Labute approximate surface area is 115 Å². The second-order valence-electron chi connectivity index (χ2n) is 4.61. The summed E-state index contributed by atoms with van der Waals surface area (Å²) in [5.41, 5.74) is 1.04. The number of aromatic nitrogens is 2. The average molecular weight is 266 g/mol. The van der Waals surface area contributed by atoms with Crippen LogP contribution in [0.3, 0.4) is 0 Å². The summed E-state index contributed by atoms with van der Waals surface area (Å²) in [6.45, 7) is 9.27. The van der Waals surface area contributed by atoms with Gasteiger partial charge in [-0.05, 0) is 26.7 Å². The molecule has 108 valence electrons. The van der Waals surface area contributed by atoms with Crippen molar-refractivity contribution in [2.75, 3.05) is 23.8 Å². The fourth-order valence-electron chi connectivity index (χ4n) is 1.93. The van der Waals surface area contributed by atoms with Crippen LogP contribution in [0, 0.1) is 6.92 Å². The highest BCUT2D eigenvalue weighted by Gasteiger charge is 2.13. The molecule has 0 aliphatic carbocycles. The van der Waals surface area contributed by atoms with Crippen molar-refractivity contribution < 1.29 is 5.11 Å². The molecule has 0 fully saturated rings. The zero-order valence-corrected chi connectivity index (χ0v) is 12.5. The van der Waals surface area contributed by atoms with Crippen molar-refractivity contribution in [3.05, 3.63) is 11.4 Å². The van der Waals surface area contributed by atoms with Crippen LogP contribution in [0.4, 0.5) is 11.6 Å². The molecule has 0 amide bonds. The van der Waals surface area contributed by atoms with E-state index in [2.05, 4.69) is 41.4 Å². The van der Waals surface area contributed by atoms with Gasteiger partial charge in [0.15, 0.2) is 0 Å². The maximum atomic E-state index is 9.07. The highest BCUT2D eigenvalue weighted by Crippen LogP contribution is 2.21. The standard InChI is InChI=1S/C14H26N4O/c1-5-11(8-9-19)16-14-10(4)13(15-7-3)17-12(6-2)18-14/h11,19H,5-9H2,1-4H3,(H2,15,16,17,18). The molecule has 0 aliphatic heterocycles. The molecule has 1 atom stereocenters. The Balaban J connectivity index is 3.00. The minimum absolute atomic E-state index is 0.191. The summed E-state index contributed by atoms with van der Waals surface area (Å²) in [5, 5.41) is 15.8. The van der Waals surface area contributed by atoms with Gasteiger partial charge in [0.1, 0.15) is 17.5 Å². The Morgan fingerprint density at radius 1 is 1.16 bits per heavy atom. The molecule has 0 bridgehead atoms. The molecule has 0 aromatic carbocycles. The lowest BCUT2D eigenvalue weighted by Crippen LogP contribution is -2.22. The molecule has 1 aromatic heterocycles. The lowest BCUT2D eigenvalue weighted by Gasteiger charge is -2.20. The summed E-state index contributed by atoms with van der Waals surface area (Å²) in [5.74, 6) is 2.61. The summed E-state index contributed by atoms with van der Waals surface area (Å²) >= 11 is 0. The van der Waals surface area contributed by atoms with E-state index in [1.54, 1.807) is 0 Å². The van der Waals surface area contributed by atoms with Crippen LogP contribution in [0.5, 0.6) is 0 Å². The first kappa shape index (κ1) is 15.7. The zero-order chi connectivity index (χ0) is 14.3. The molecule has 1 unspecified atom stereocenters. The first-order chi connectivity index (χ1) is 9.15. The van der Waals surface area contributed by atoms with Crippen LogP contribution in [-0.2, 0) is 6.42 Å². The molecule has 0 radical (unpaired) electrons. The number of nitrogens with zero attached hydrogens (tertiary/aromatic N) is 2. The van der Waals surface area contributed by atoms with Gasteiger partial charge < -0.3 is 15.7 Å². The molecule has 19 heavy (non-hydrogen) atoms. The second-order valence-corrected chi connectivity index (χ2v) is 4.61. The van der Waals surface area contributed by atoms with E-state index in [-0.39, 0.29) is 12.6 Å². The van der Waals surface area contributed by atoms with E-state index in [0.717, 1.165) is 48.8 Å².